The fourth-order valence-electron chi connectivity index (χ4n) is 1.64. The van der Waals surface area contributed by atoms with Crippen molar-refractivity contribution < 1.29 is 12.7 Å². The van der Waals surface area contributed by atoms with E-state index in [-0.39, 0.29) is 4.90 Å². The minimum absolute atomic E-state index is 0.0125. The van der Waals surface area contributed by atoms with Gasteiger partial charge in [-0.05, 0) is 41.6 Å². The highest BCUT2D eigenvalue weighted by molar-refractivity contribution is 7.87. The molecule has 0 spiro atoms. The summed E-state index contributed by atoms with van der Waals surface area (Å²) in [4.78, 5) is 0.862. The molecule has 0 saturated heterocycles. The van der Waals surface area contributed by atoms with Crippen LogP contribution in [0.3, 0.4) is 0 Å². The Bertz CT molecular complexity index is 859. The number of hydrogen-bond acceptors (Lipinski definition) is 5. The lowest BCUT2D eigenvalue weighted by molar-refractivity contribution is 0.245. The minimum Gasteiger partial charge on any atom is -0.264 e. The average Bonchev–Trinajstić information content (AvgIpc) is 2.82. The van der Waals surface area contributed by atoms with Gasteiger partial charge in [-0.3, -0.25) is 4.28 Å². The van der Waals surface area contributed by atoms with Crippen LogP contribution in [0.15, 0.2) is 53.4 Å². The SMILES string of the molecule is O=S(=O)(On1nnc2ccccc21)c1ccc(Cl)cc1. The molecule has 3 rings (SSSR count). The fraction of sp³-hybridized carbons (Fsp3) is 0. The van der Waals surface area contributed by atoms with Crippen molar-refractivity contribution in [2.24, 2.45) is 0 Å². The maximum atomic E-state index is 12.1. The van der Waals surface area contributed by atoms with E-state index in [4.69, 9.17) is 15.9 Å². The van der Waals surface area contributed by atoms with Crippen LogP contribution >= 0.6 is 11.6 Å². The summed E-state index contributed by atoms with van der Waals surface area (Å²) in [7, 11) is -3.99. The second kappa shape index (κ2) is 4.77. The molecule has 6 nitrogen and oxygen atoms in total. The van der Waals surface area contributed by atoms with E-state index < -0.39 is 10.1 Å². The summed E-state index contributed by atoms with van der Waals surface area (Å²) in [6.07, 6.45) is 0. The molecule has 102 valence electrons. The second-order valence-electron chi connectivity index (χ2n) is 3.93. The van der Waals surface area contributed by atoms with Crippen molar-refractivity contribution in [3.05, 3.63) is 53.6 Å². The molecule has 0 aliphatic heterocycles. The molecule has 0 aliphatic carbocycles. The summed E-state index contributed by atoms with van der Waals surface area (Å²) in [5.74, 6) is 0. The first-order valence-corrected chi connectivity index (χ1v) is 7.36. The monoisotopic (exact) mass is 309 g/mol. The largest absolute Gasteiger partial charge is 0.358 e. The van der Waals surface area contributed by atoms with Gasteiger partial charge in [0.1, 0.15) is 15.9 Å². The van der Waals surface area contributed by atoms with Gasteiger partial charge in [0.2, 0.25) is 0 Å². The Hall–Kier alpha value is -2.12. The van der Waals surface area contributed by atoms with E-state index >= 15 is 0 Å². The number of para-hydroxylation sites is 1. The summed E-state index contributed by atoms with van der Waals surface area (Å²) in [6.45, 7) is 0. The molecule has 0 aliphatic rings. The molecule has 3 aromatic rings. The summed E-state index contributed by atoms with van der Waals surface area (Å²) in [6, 6.07) is 12.5. The van der Waals surface area contributed by atoms with Crippen molar-refractivity contribution >= 4 is 32.8 Å². The summed E-state index contributed by atoms with van der Waals surface area (Å²) < 4.78 is 29.2. The van der Waals surface area contributed by atoms with Crippen LogP contribution in [-0.2, 0) is 10.1 Å². The standard InChI is InChI=1S/C12H8ClN3O3S/c13-9-5-7-10(8-6-9)20(17,18)19-16-12-4-2-1-3-11(12)14-15-16/h1-8H. The van der Waals surface area contributed by atoms with Crippen LogP contribution in [-0.4, -0.2) is 23.6 Å². The van der Waals surface area contributed by atoms with E-state index in [0.717, 1.165) is 4.85 Å². The van der Waals surface area contributed by atoms with Crippen molar-refractivity contribution in [1.29, 1.82) is 0 Å². The topological polar surface area (TPSA) is 74.1 Å². The van der Waals surface area contributed by atoms with Gasteiger partial charge in [-0.15, -0.1) is 5.10 Å². The van der Waals surface area contributed by atoms with Crippen LogP contribution in [0.1, 0.15) is 0 Å². The molecule has 0 saturated carbocycles. The van der Waals surface area contributed by atoms with Crippen molar-refractivity contribution in [1.82, 2.24) is 15.2 Å². The maximum absolute atomic E-state index is 12.1. The number of aromatic nitrogens is 3. The van der Waals surface area contributed by atoms with E-state index in [1.165, 1.54) is 24.3 Å². The van der Waals surface area contributed by atoms with Gasteiger partial charge in [0, 0.05) is 5.02 Å². The molecule has 0 N–H and O–H groups in total. The molecular weight excluding hydrogens is 302 g/mol. The first kappa shape index (κ1) is 12.9. The minimum atomic E-state index is -3.99. The van der Waals surface area contributed by atoms with Gasteiger partial charge in [-0.2, -0.15) is 8.42 Å². The molecule has 0 fully saturated rings. The Morgan fingerprint density at radius 2 is 1.75 bits per heavy atom. The Balaban J connectivity index is 1.99. The molecule has 8 heteroatoms. The fourth-order valence-corrected chi connectivity index (χ4v) is 2.62. The zero-order valence-electron chi connectivity index (χ0n) is 9.97. The highest BCUT2D eigenvalue weighted by Gasteiger charge is 2.19. The molecule has 0 amide bonds. The number of hydrogen-bond donors (Lipinski definition) is 0. The van der Waals surface area contributed by atoms with Crippen LogP contribution in [0, 0.1) is 0 Å². The maximum Gasteiger partial charge on any atom is 0.358 e. The molecule has 1 aromatic heterocycles. The highest BCUT2D eigenvalue weighted by Crippen LogP contribution is 2.16. The molecule has 0 unspecified atom stereocenters. The Morgan fingerprint density at radius 1 is 1.05 bits per heavy atom. The molecule has 0 bridgehead atoms. The van der Waals surface area contributed by atoms with Crippen molar-refractivity contribution in [3.8, 4) is 0 Å². The molecule has 20 heavy (non-hydrogen) atoms. The van der Waals surface area contributed by atoms with E-state index in [1.54, 1.807) is 24.3 Å². The van der Waals surface area contributed by atoms with Crippen LogP contribution in [0.2, 0.25) is 5.02 Å². The Labute approximate surface area is 119 Å². The lowest BCUT2D eigenvalue weighted by Gasteiger charge is -2.05. The average molecular weight is 310 g/mol. The van der Waals surface area contributed by atoms with Crippen molar-refractivity contribution in [3.63, 3.8) is 0 Å². The number of halogens is 1. The first-order valence-electron chi connectivity index (χ1n) is 5.57. The predicted molar refractivity (Wildman–Crippen MR) is 72.7 cm³/mol. The van der Waals surface area contributed by atoms with Crippen LogP contribution in [0.5, 0.6) is 0 Å². The molecule has 0 atom stereocenters. The zero-order valence-corrected chi connectivity index (χ0v) is 11.5. The van der Waals surface area contributed by atoms with Crippen LogP contribution in [0.25, 0.3) is 11.0 Å². The predicted octanol–water partition coefficient (Wildman–Crippen LogP) is 1.90. The van der Waals surface area contributed by atoms with Gasteiger partial charge in [0.25, 0.3) is 0 Å². The highest BCUT2D eigenvalue weighted by atomic mass is 35.5. The number of rotatable bonds is 3. The lowest BCUT2D eigenvalue weighted by atomic mass is 10.3. The van der Waals surface area contributed by atoms with E-state index in [9.17, 15) is 8.42 Å². The Kier molecular flexibility index (Phi) is 3.07. The molecule has 0 radical (unpaired) electrons. The van der Waals surface area contributed by atoms with E-state index in [0.29, 0.717) is 16.1 Å². The Morgan fingerprint density at radius 3 is 2.50 bits per heavy atom. The third-order valence-corrected chi connectivity index (χ3v) is 4.03. The zero-order chi connectivity index (χ0) is 14.2. The van der Waals surface area contributed by atoms with Crippen LogP contribution in [0.4, 0.5) is 0 Å². The van der Waals surface area contributed by atoms with E-state index in [2.05, 4.69) is 10.3 Å². The van der Waals surface area contributed by atoms with Crippen molar-refractivity contribution in [2.75, 3.05) is 0 Å². The van der Waals surface area contributed by atoms with Gasteiger partial charge >= 0.3 is 10.1 Å². The van der Waals surface area contributed by atoms with Gasteiger partial charge in [0.15, 0.2) is 0 Å². The number of benzene rings is 2. The second-order valence-corrected chi connectivity index (χ2v) is 5.90. The lowest BCUT2D eigenvalue weighted by Crippen LogP contribution is -2.21. The molecular formula is C12H8ClN3O3S. The number of nitrogens with zero attached hydrogens (tertiary/aromatic N) is 3. The van der Waals surface area contributed by atoms with Gasteiger partial charge < -0.3 is 0 Å². The molecule has 1 heterocycles. The molecule has 2 aromatic carbocycles. The van der Waals surface area contributed by atoms with Crippen LogP contribution < -0.4 is 4.28 Å². The van der Waals surface area contributed by atoms with Gasteiger partial charge in [0.05, 0.1) is 0 Å². The third kappa shape index (κ3) is 2.33. The third-order valence-electron chi connectivity index (χ3n) is 2.59. The normalized spacial score (nSPS) is 11.7. The summed E-state index contributed by atoms with van der Waals surface area (Å²) in [5.41, 5.74) is 1.00. The smallest absolute Gasteiger partial charge is 0.264 e. The summed E-state index contributed by atoms with van der Waals surface area (Å²) >= 11 is 5.72. The number of fused-ring (bicyclic) bond motifs is 1. The summed E-state index contributed by atoms with van der Waals surface area (Å²) in [5, 5.41) is 7.92. The van der Waals surface area contributed by atoms with Crippen molar-refractivity contribution in [2.45, 2.75) is 4.90 Å². The first-order chi connectivity index (χ1) is 9.56. The van der Waals surface area contributed by atoms with Gasteiger partial charge in [-0.25, -0.2) is 0 Å². The quantitative estimate of drug-likeness (QED) is 0.739. The van der Waals surface area contributed by atoms with E-state index in [1.807, 2.05) is 0 Å². The van der Waals surface area contributed by atoms with Gasteiger partial charge in [-0.1, -0.05) is 28.6 Å².